The highest BCUT2D eigenvalue weighted by Gasteiger charge is 2.14. The summed E-state index contributed by atoms with van der Waals surface area (Å²) in [6.07, 6.45) is 0. The van der Waals surface area contributed by atoms with Crippen molar-refractivity contribution in [1.82, 2.24) is 0 Å². The van der Waals surface area contributed by atoms with Crippen LogP contribution in [0.4, 0.5) is 5.69 Å². The number of rotatable bonds is 3. The molecule has 0 bridgehead atoms. The quantitative estimate of drug-likeness (QED) is 0.507. The number of carbonyl (C=O) groups excluding carboxylic acids is 1. The molecule has 1 heterocycles. The summed E-state index contributed by atoms with van der Waals surface area (Å²) in [6.45, 7) is 0. The maximum absolute atomic E-state index is 12.5. The first-order chi connectivity index (χ1) is 11.6. The van der Waals surface area contributed by atoms with Crippen LogP contribution in [0.25, 0.3) is 11.0 Å². The minimum absolute atomic E-state index is 0.00345. The second-order valence-electron chi connectivity index (χ2n) is 4.97. The number of aromatic hydroxyl groups is 1. The van der Waals surface area contributed by atoms with Crippen LogP contribution in [0.1, 0.15) is 10.4 Å². The van der Waals surface area contributed by atoms with E-state index in [2.05, 4.69) is 10.5 Å². The Morgan fingerprint density at radius 1 is 1.21 bits per heavy atom. The van der Waals surface area contributed by atoms with E-state index in [4.69, 9.17) is 14.4 Å². The van der Waals surface area contributed by atoms with Crippen LogP contribution in [0.5, 0.6) is 11.5 Å². The highest BCUT2D eigenvalue weighted by Crippen LogP contribution is 2.21. The van der Waals surface area contributed by atoms with Crippen LogP contribution in [0.3, 0.4) is 0 Å². The Kier molecular flexibility index (Phi) is 4.07. The number of phenols is 1. The fourth-order valence-corrected chi connectivity index (χ4v) is 2.24. The average Bonchev–Trinajstić information content (AvgIpc) is 2.60. The minimum Gasteiger partial charge on any atom is -0.508 e. The van der Waals surface area contributed by atoms with E-state index in [1.54, 1.807) is 30.3 Å². The summed E-state index contributed by atoms with van der Waals surface area (Å²) in [7, 11) is 1.53. The summed E-state index contributed by atoms with van der Waals surface area (Å²) in [5.41, 5.74) is 0.613. The zero-order valence-corrected chi connectivity index (χ0v) is 12.7. The molecule has 0 saturated heterocycles. The summed E-state index contributed by atoms with van der Waals surface area (Å²) in [4.78, 5) is 12.5. The molecular formula is C17H14N2O5. The molecule has 7 nitrogen and oxygen atoms in total. The molecule has 1 aromatic heterocycles. The third-order valence-electron chi connectivity index (χ3n) is 3.40. The van der Waals surface area contributed by atoms with Crippen LogP contribution in [0.2, 0.25) is 0 Å². The smallest absolute Gasteiger partial charge is 0.268 e. The maximum atomic E-state index is 12.5. The largest absolute Gasteiger partial charge is 0.508 e. The van der Waals surface area contributed by atoms with Crippen molar-refractivity contribution >= 4 is 22.6 Å². The van der Waals surface area contributed by atoms with Gasteiger partial charge in [-0.1, -0.05) is 6.07 Å². The van der Waals surface area contributed by atoms with E-state index in [1.807, 2.05) is 0 Å². The monoisotopic (exact) mass is 326 g/mol. The lowest BCUT2D eigenvalue weighted by Gasteiger charge is -2.08. The van der Waals surface area contributed by atoms with Crippen molar-refractivity contribution in [2.75, 3.05) is 12.4 Å². The zero-order valence-electron chi connectivity index (χ0n) is 12.7. The number of benzene rings is 2. The number of methoxy groups -OCH3 is 1. The van der Waals surface area contributed by atoms with Crippen LogP contribution in [0.15, 0.2) is 58.1 Å². The molecule has 0 spiro atoms. The summed E-state index contributed by atoms with van der Waals surface area (Å²) in [5, 5.41) is 24.9. The van der Waals surface area contributed by atoms with E-state index < -0.39 is 5.91 Å². The average molecular weight is 326 g/mol. The molecule has 122 valence electrons. The predicted molar refractivity (Wildman–Crippen MR) is 86.2 cm³/mol. The number of hydrogen-bond acceptors (Lipinski definition) is 6. The van der Waals surface area contributed by atoms with Gasteiger partial charge in [0.15, 0.2) is 0 Å². The lowest BCUT2D eigenvalue weighted by atomic mass is 10.1. The van der Waals surface area contributed by atoms with E-state index in [0.717, 1.165) is 0 Å². The molecule has 0 aliphatic heterocycles. The molecule has 0 saturated carbocycles. The van der Waals surface area contributed by atoms with Crippen molar-refractivity contribution in [3.8, 4) is 11.5 Å². The van der Waals surface area contributed by atoms with Gasteiger partial charge in [0.25, 0.3) is 11.5 Å². The number of hydrogen-bond donors (Lipinski definition) is 3. The van der Waals surface area contributed by atoms with Gasteiger partial charge in [-0.05, 0) is 35.5 Å². The first kappa shape index (κ1) is 15.4. The molecule has 0 fully saturated rings. The maximum Gasteiger partial charge on any atom is 0.268 e. The van der Waals surface area contributed by atoms with Gasteiger partial charge in [-0.15, -0.1) is 0 Å². The number of amides is 1. The van der Waals surface area contributed by atoms with E-state index in [-0.39, 0.29) is 16.9 Å². The topological polar surface area (TPSA) is 104 Å². The molecule has 0 aliphatic carbocycles. The van der Waals surface area contributed by atoms with Gasteiger partial charge in [0.05, 0.1) is 7.11 Å². The fraction of sp³-hybridized carbons (Fsp3) is 0.0588. The minimum atomic E-state index is -0.505. The van der Waals surface area contributed by atoms with Crippen LogP contribution < -0.4 is 15.6 Å². The van der Waals surface area contributed by atoms with Crippen molar-refractivity contribution in [2.24, 2.45) is 5.16 Å². The molecule has 0 aliphatic rings. The fourth-order valence-electron chi connectivity index (χ4n) is 2.24. The SMILES string of the molecule is COc1cccc(NC(=O)c2cc3ccc(O)cc3o/c2=N\O)c1. The highest BCUT2D eigenvalue weighted by atomic mass is 16.5. The van der Waals surface area contributed by atoms with Gasteiger partial charge >= 0.3 is 0 Å². The predicted octanol–water partition coefficient (Wildman–Crippen LogP) is 2.69. The highest BCUT2D eigenvalue weighted by molar-refractivity contribution is 6.05. The molecule has 0 unspecified atom stereocenters. The Morgan fingerprint density at radius 3 is 2.79 bits per heavy atom. The van der Waals surface area contributed by atoms with Gasteiger partial charge in [0.1, 0.15) is 22.6 Å². The molecule has 3 aromatic rings. The molecule has 2 aromatic carbocycles. The molecule has 24 heavy (non-hydrogen) atoms. The number of nitrogens with one attached hydrogen (secondary N) is 1. The Hall–Kier alpha value is -3.48. The summed E-state index contributed by atoms with van der Waals surface area (Å²) >= 11 is 0. The first-order valence-electron chi connectivity index (χ1n) is 7.01. The second kappa shape index (κ2) is 6.33. The van der Waals surface area contributed by atoms with Gasteiger partial charge in [-0.2, -0.15) is 0 Å². The number of phenolic OH excluding ortho intramolecular Hbond substituents is 1. The van der Waals surface area contributed by atoms with Gasteiger partial charge in [-0.3, -0.25) is 4.79 Å². The molecule has 0 radical (unpaired) electrons. The van der Waals surface area contributed by atoms with Gasteiger partial charge in [0, 0.05) is 23.2 Å². The molecule has 1 amide bonds. The molecular weight excluding hydrogens is 312 g/mol. The van der Waals surface area contributed by atoms with Crippen LogP contribution >= 0.6 is 0 Å². The molecule has 3 rings (SSSR count). The van der Waals surface area contributed by atoms with E-state index in [1.165, 1.54) is 25.3 Å². The van der Waals surface area contributed by atoms with Gasteiger partial charge < -0.3 is 24.8 Å². The normalized spacial score (nSPS) is 11.5. The van der Waals surface area contributed by atoms with Crippen molar-refractivity contribution in [3.05, 3.63) is 59.6 Å². The number of carbonyl (C=O) groups is 1. The lowest BCUT2D eigenvalue weighted by Crippen LogP contribution is -2.21. The Labute approximate surface area is 136 Å². The zero-order chi connectivity index (χ0) is 17.1. The number of nitrogens with zero attached hydrogens (tertiary/aromatic N) is 1. The standard InChI is InChI=1S/C17H14N2O5/c1-23-13-4-2-3-11(8-13)18-16(21)14-7-10-5-6-12(20)9-15(10)24-17(14)19-22/h2-9,20,22H,1H3,(H,18,21)/b19-17-. The second-order valence-corrected chi connectivity index (χ2v) is 4.97. The Bertz CT molecular complexity index is 978. The summed E-state index contributed by atoms with van der Waals surface area (Å²) in [6, 6.07) is 12.8. The molecule has 7 heteroatoms. The van der Waals surface area contributed by atoms with Gasteiger partial charge in [-0.25, -0.2) is 0 Å². The summed E-state index contributed by atoms with van der Waals surface area (Å²) in [5.74, 6) is 0.0945. The van der Waals surface area contributed by atoms with Crippen LogP contribution in [-0.2, 0) is 0 Å². The van der Waals surface area contributed by atoms with Crippen molar-refractivity contribution in [1.29, 1.82) is 0 Å². The number of fused-ring (bicyclic) bond motifs is 1. The number of anilines is 1. The molecule has 3 N–H and O–H groups in total. The Morgan fingerprint density at radius 2 is 2.04 bits per heavy atom. The number of ether oxygens (including phenoxy) is 1. The van der Waals surface area contributed by atoms with Crippen molar-refractivity contribution in [2.45, 2.75) is 0 Å². The Balaban J connectivity index is 2.01. The third-order valence-corrected chi connectivity index (χ3v) is 3.40. The van der Waals surface area contributed by atoms with E-state index in [0.29, 0.717) is 22.4 Å². The van der Waals surface area contributed by atoms with Crippen molar-refractivity contribution in [3.63, 3.8) is 0 Å². The van der Waals surface area contributed by atoms with Crippen LogP contribution in [0, 0.1) is 0 Å². The van der Waals surface area contributed by atoms with Gasteiger partial charge in [0.2, 0.25) is 0 Å². The van der Waals surface area contributed by atoms with Crippen molar-refractivity contribution < 1.29 is 24.3 Å². The van der Waals surface area contributed by atoms with Crippen LogP contribution in [-0.4, -0.2) is 23.3 Å². The molecule has 0 atom stereocenters. The van der Waals surface area contributed by atoms with E-state index in [9.17, 15) is 9.90 Å². The first-order valence-corrected chi connectivity index (χ1v) is 7.01. The lowest BCUT2D eigenvalue weighted by molar-refractivity contribution is 0.102. The summed E-state index contributed by atoms with van der Waals surface area (Å²) < 4.78 is 10.5. The van der Waals surface area contributed by atoms with E-state index >= 15 is 0 Å². The third kappa shape index (κ3) is 3.00.